The van der Waals surface area contributed by atoms with Crippen LogP contribution in [-0.4, -0.2) is 41.4 Å². The summed E-state index contributed by atoms with van der Waals surface area (Å²) >= 11 is 0. The molecule has 1 aromatic carbocycles. The van der Waals surface area contributed by atoms with Crippen LogP contribution in [0.4, 0.5) is 0 Å². The molecule has 1 fully saturated rings. The lowest BCUT2D eigenvalue weighted by atomic mass is 10.0. The molecule has 0 bridgehead atoms. The lowest BCUT2D eigenvalue weighted by molar-refractivity contribution is 0.0727. The van der Waals surface area contributed by atoms with Crippen molar-refractivity contribution in [3.63, 3.8) is 0 Å². The zero-order valence-corrected chi connectivity index (χ0v) is 17.1. The zero-order valence-electron chi connectivity index (χ0n) is 17.1. The van der Waals surface area contributed by atoms with Crippen LogP contribution in [0.15, 0.2) is 24.3 Å². The van der Waals surface area contributed by atoms with Crippen molar-refractivity contribution >= 4 is 5.91 Å². The Hall–Kier alpha value is -2.50. The fraction of sp³-hybridized carbons (Fsp3) is 0.524. The number of hydrogen-bond acceptors (Lipinski definition) is 4. The largest absolute Gasteiger partial charge is 0.493 e. The van der Waals surface area contributed by atoms with Gasteiger partial charge in [0.25, 0.3) is 5.91 Å². The summed E-state index contributed by atoms with van der Waals surface area (Å²) in [5, 5.41) is 4.60. The van der Waals surface area contributed by atoms with Gasteiger partial charge in [0.2, 0.25) is 0 Å². The second kappa shape index (κ2) is 7.25. The van der Waals surface area contributed by atoms with Gasteiger partial charge in [-0.1, -0.05) is 6.07 Å². The molecule has 1 aromatic heterocycles. The van der Waals surface area contributed by atoms with E-state index in [0.717, 1.165) is 30.6 Å². The zero-order chi connectivity index (χ0) is 19.8. The molecule has 1 aliphatic rings. The van der Waals surface area contributed by atoms with E-state index in [1.54, 1.807) is 14.2 Å². The van der Waals surface area contributed by atoms with E-state index in [9.17, 15) is 4.79 Å². The van der Waals surface area contributed by atoms with Gasteiger partial charge in [-0.3, -0.25) is 9.48 Å². The average Bonchev–Trinajstić information content (AvgIpc) is 3.26. The molecule has 2 aromatic rings. The summed E-state index contributed by atoms with van der Waals surface area (Å²) in [6, 6.07) is 7.79. The minimum atomic E-state index is -0.156. The van der Waals surface area contributed by atoms with Crippen LogP contribution in [0.2, 0.25) is 0 Å². The smallest absolute Gasteiger partial charge is 0.274 e. The first kappa shape index (κ1) is 19.3. The van der Waals surface area contributed by atoms with Gasteiger partial charge in [0, 0.05) is 12.2 Å². The summed E-state index contributed by atoms with van der Waals surface area (Å²) in [7, 11) is 3.25. The molecule has 27 heavy (non-hydrogen) atoms. The minimum absolute atomic E-state index is 0.0154. The van der Waals surface area contributed by atoms with Crippen molar-refractivity contribution in [3.05, 3.63) is 41.2 Å². The van der Waals surface area contributed by atoms with Crippen molar-refractivity contribution in [1.29, 1.82) is 0 Å². The van der Waals surface area contributed by atoms with Crippen LogP contribution in [0.1, 0.15) is 61.4 Å². The predicted octanol–water partition coefficient (Wildman–Crippen LogP) is 3.94. The third-order valence-corrected chi connectivity index (χ3v) is 5.05. The summed E-state index contributed by atoms with van der Waals surface area (Å²) in [6.07, 6.45) is 1.91. The SMILES string of the molecule is COc1ccc([C@@H]2CCCN2C(=O)c2cc(C)n(C(C)(C)C)n2)cc1OC. The van der Waals surface area contributed by atoms with Crippen LogP contribution in [0.3, 0.4) is 0 Å². The highest BCUT2D eigenvalue weighted by Gasteiger charge is 2.33. The van der Waals surface area contributed by atoms with Gasteiger partial charge in [0.15, 0.2) is 17.2 Å². The number of carbonyl (C=O) groups is 1. The Balaban J connectivity index is 1.89. The Kier molecular flexibility index (Phi) is 5.18. The highest BCUT2D eigenvalue weighted by molar-refractivity contribution is 5.93. The van der Waals surface area contributed by atoms with Crippen LogP contribution in [-0.2, 0) is 5.54 Å². The molecule has 0 saturated carbocycles. The van der Waals surface area contributed by atoms with E-state index in [1.807, 2.05) is 40.8 Å². The molecular formula is C21H29N3O3. The number of rotatable bonds is 4. The van der Waals surface area contributed by atoms with E-state index in [1.165, 1.54) is 0 Å². The number of benzene rings is 1. The van der Waals surface area contributed by atoms with E-state index < -0.39 is 0 Å². The van der Waals surface area contributed by atoms with Crippen molar-refractivity contribution < 1.29 is 14.3 Å². The molecular weight excluding hydrogens is 342 g/mol. The van der Waals surface area contributed by atoms with Crippen molar-refractivity contribution in [3.8, 4) is 11.5 Å². The standard InChI is InChI=1S/C21H29N3O3/c1-14-12-16(22-24(14)21(2,3)4)20(25)23-11-7-8-17(23)15-9-10-18(26-5)19(13-15)27-6/h9-10,12-13,17H,7-8,11H2,1-6H3/t17-/m0/s1. The summed E-state index contributed by atoms with van der Waals surface area (Å²) in [5.41, 5.74) is 2.41. The number of aromatic nitrogens is 2. The quantitative estimate of drug-likeness (QED) is 0.817. The van der Waals surface area contributed by atoms with E-state index in [2.05, 4.69) is 25.9 Å². The molecule has 0 radical (unpaired) electrons. The van der Waals surface area contributed by atoms with E-state index in [4.69, 9.17) is 9.47 Å². The van der Waals surface area contributed by atoms with Crippen LogP contribution in [0.25, 0.3) is 0 Å². The highest BCUT2D eigenvalue weighted by Crippen LogP contribution is 2.37. The number of nitrogens with zero attached hydrogens (tertiary/aromatic N) is 3. The van der Waals surface area contributed by atoms with Crippen LogP contribution in [0, 0.1) is 6.92 Å². The Morgan fingerprint density at radius 2 is 1.85 bits per heavy atom. The number of carbonyl (C=O) groups excluding carboxylic acids is 1. The average molecular weight is 371 g/mol. The molecule has 1 aliphatic heterocycles. The van der Waals surface area contributed by atoms with Gasteiger partial charge < -0.3 is 14.4 Å². The molecule has 0 unspecified atom stereocenters. The Morgan fingerprint density at radius 3 is 2.44 bits per heavy atom. The molecule has 0 aliphatic carbocycles. The molecule has 3 rings (SSSR count). The molecule has 0 N–H and O–H groups in total. The molecule has 1 atom stereocenters. The van der Waals surface area contributed by atoms with Crippen molar-refractivity contribution in [2.45, 2.75) is 52.1 Å². The molecule has 146 valence electrons. The normalized spacial score (nSPS) is 17.3. The third-order valence-electron chi connectivity index (χ3n) is 5.05. The molecule has 0 spiro atoms. The monoisotopic (exact) mass is 371 g/mol. The highest BCUT2D eigenvalue weighted by atomic mass is 16.5. The second-order valence-electron chi connectivity index (χ2n) is 8.02. The fourth-order valence-corrected chi connectivity index (χ4v) is 3.82. The lowest BCUT2D eigenvalue weighted by Crippen LogP contribution is -2.31. The van der Waals surface area contributed by atoms with Gasteiger partial charge in [0.1, 0.15) is 0 Å². The summed E-state index contributed by atoms with van der Waals surface area (Å²) in [4.78, 5) is 15.1. The Labute approximate surface area is 161 Å². The van der Waals surface area contributed by atoms with Gasteiger partial charge in [-0.25, -0.2) is 0 Å². The molecule has 6 nitrogen and oxygen atoms in total. The number of methoxy groups -OCH3 is 2. The number of likely N-dealkylation sites (tertiary alicyclic amines) is 1. The number of aryl methyl sites for hydroxylation is 1. The topological polar surface area (TPSA) is 56.6 Å². The lowest BCUT2D eigenvalue weighted by Gasteiger charge is -2.25. The van der Waals surface area contributed by atoms with Crippen LogP contribution in [0.5, 0.6) is 11.5 Å². The Bertz CT molecular complexity index is 836. The van der Waals surface area contributed by atoms with Gasteiger partial charge in [-0.15, -0.1) is 0 Å². The maximum atomic E-state index is 13.2. The summed E-state index contributed by atoms with van der Waals surface area (Å²) in [6.45, 7) is 8.99. The first-order valence-corrected chi connectivity index (χ1v) is 9.36. The Morgan fingerprint density at radius 1 is 1.15 bits per heavy atom. The van der Waals surface area contributed by atoms with Crippen molar-refractivity contribution in [2.24, 2.45) is 0 Å². The number of amides is 1. The van der Waals surface area contributed by atoms with Gasteiger partial charge in [-0.05, 0) is 64.3 Å². The predicted molar refractivity (Wildman–Crippen MR) is 105 cm³/mol. The van der Waals surface area contributed by atoms with E-state index in [0.29, 0.717) is 17.2 Å². The van der Waals surface area contributed by atoms with Gasteiger partial charge in [0.05, 0.1) is 25.8 Å². The minimum Gasteiger partial charge on any atom is -0.493 e. The summed E-state index contributed by atoms with van der Waals surface area (Å²) < 4.78 is 12.7. The van der Waals surface area contributed by atoms with E-state index >= 15 is 0 Å². The van der Waals surface area contributed by atoms with Gasteiger partial charge >= 0.3 is 0 Å². The van der Waals surface area contributed by atoms with Crippen LogP contribution < -0.4 is 9.47 Å². The maximum Gasteiger partial charge on any atom is 0.274 e. The molecule has 2 heterocycles. The summed E-state index contributed by atoms with van der Waals surface area (Å²) in [5.74, 6) is 1.36. The fourth-order valence-electron chi connectivity index (χ4n) is 3.82. The van der Waals surface area contributed by atoms with Crippen LogP contribution >= 0.6 is 0 Å². The maximum absolute atomic E-state index is 13.2. The van der Waals surface area contributed by atoms with Crippen molar-refractivity contribution in [1.82, 2.24) is 14.7 Å². The molecule has 1 amide bonds. The molecule has 6 heteroatoms. The number of hydrogen-bond donors (Lipinski definition) is 0. The van der Waals surface area contributed by atoms with E-state index in [-0.39, 0.29) is 17.5 Å². The second-order valence-corrected chi connectivity index (χ2v) is 8.02. The first-order chi connectivity index (χ1) is 12.8. The van der Waals surface area contributed by atoms with Gasteiger partial charge in [-0.2, -0.15) is 5.10 Å². The number of ether oxygens (including phenoxy) is 2. The first-order valence-electron chi connectivity index (χ1n) is 9.36. The third kappa shape index (κ3) is 3.66. The van der Waals surface area contributed by atoms with Crippen molar-refractivity contribution in [2.75, 3.05) is 20.8 Å². The molecule has 1 saturated heterocycles.